The second kappa shape index (κ2) is 7.21. The van der Waals surface area contributed by atoms with Crippen LogP contribution in [0.1, 0.15) is 42.5 Å². The van der Waals surface area contributed by atoms with Crippen LogP contribution in [-0.4, -0.2) is 29.9 Å². The van der Waals surface area contributed by atoms with Crippen molar-refractivity contribution in [2.75, 3.05) is 12.0 Å². The van der Waals surface area contributed by atoms with Crippen LogP contribution < -0.4 is 4.90 Å². The first kappa shape index (κ1) is 18.7. The summed E-state index contributed by atoms with van der Waals surface area (Å²) in [5.41, 5.74) is 2.54. The van der Waals surface area contributed by atoms with Crippen LogP contribution in [-0.2, 0) is 11.2 Å². The average Bonchev–Trinajstić information content (AvgIpc) is 3.31. The molecular formula is C24H16N2O5. The van der Waals surface area contributed by atoms with Gasteiger partial charge in [-0.1, -0.05) is 42.5 Å². The highest BCUT2D eigenvalue weighted by Crippen LogP contribution is 2.35. The summed E-state index contributed by atoms with van der Waals surface area (Å²) in [6.45, 7) is 0. The van der Waals surface area contributed by atoms with Crippen molar-refractivity contribution in [1.82, 2.24) is 4.98 Å². The molecule has 3 aromatic carbocycles. The lowest BCUT2D eigenvalue weighted by atomic mass is 10.1. The van der Waals surface area contributed by atoms with Crippen LogP contribution >= 0.6 is 0 Å². The summed E-state index contributed by atoms with van der Waals surface area (Å²) in [6, 6.07) is 19.2. The number of carbonyl (C=O) groups excluding carboxylic acids is 3. The summed E-state index contributed by atoms with van der Waals surface area (Å²) >= 11 is 0. The average molecular weight is 412 g/mol. The van der Waals surface area contributed by atoms with E-state index >= 15 is 0 Å². The van der Waals surface area contributed by atoms with Gasteiger partial charge < -0.3 is 9.15 Å². The Labute approximate surface area is 176 Å². The van der Waals surface area contributed by atoms with Crippen molar-refractivity contribution in [2.45, 2.75) is 6.42 Å². The van der Waals surface area contributed by atoms with Gasteiger partial charge in [0.05, 0.1) is 29.5 Å². The summed E-state index contributed by atoms with van der Waals surface area (Å²) < 4.78 is 10.8. The minimum absolute atomic E-state index is 0.163. The highest BCUT2D eigenvalue weighted by Gasteiger charge is 2.38. The van der Waals surface area contributed by atoms with Gasteiger partial charge in [0.2, 0.25) is 0 Å². The molecule has 2 amide bonds. The fourth-order valence-electron chi connectivity index (χ4n) is 3.72. The molecule has 0 saturated heterocycles. The molecule has 0 unspecified atom stereocenters. The van der Waals surface area contributed by atoms with Gasteiger partial charge in [0.1, 0.15) is 5.52 Å². The number of benzene rings is 3. The first-order valence-corrected chi connectivity index (χ1v) is 9.60. The largest absolute Gasteiger partial charge is 0.465 e. The molecular weight excluding hydrogens is 396 g/mol. The number of fused-ring (bicyclic) bond motifs is 2. The number of amides is 2. The Bertz CT molecular complexity index is 1320. The molecule has 0 radical (unpaired) electrons. The molecule has 1 aromatic heterocycles. The molecule has 5 rings (SSSR count). The highest BCUT2D eigenvalue weighted by molar-refractivity contribution is 6.35. The number of ether oxygens (including phenoxy) is 1. The summed E-state index contributed by atoms with van der Waals surface area (Å²) in [6.07, 6.45) is 0.421. The lowest BCUT2D eigenvalue weighted by Gasteiger charge is -2.15. The Morgan fingerprint density at radius 3 is 2.26 bits per heavy atom. The van der Waals surface area contributed by atoms with Crippen molar-refractivity contribution in [3.63, 3.8) is 0 Å². The first-order chi connectivity index (χ1) is 15.1. The maximum Gasteiger partial charge on any atom is 0.338 e. The molecule has 7 heteroatoms. The Balaban J connectivity index is 1.67. The van der Waals surface area contributed by atoms with Crippen LogP contribution in [0.4, 0.5) is 5.69 Å². The van der Waals surface area contributed by atoms with Gasteiger partial charge in [-0.25, -0.2) is 14.7 Å². The topological polar surface area (TPSA) is 89.7 Å². The van der Waals surface area contributed by atoms with E-state index in [0.717, 1.165) is 10.5 Å². The number of hydrogen-bond acceptors (Lipinski definition) is 6. The summed E-state index contributed by atoms with van der Waals surface area (Å²) in [5.74, 6) is -1.16. The summed E-state index contributed by atoms with van der Waals surface area (Å²) in [4.78, 5) is 43.8. The normalized spacial score (nSPS) is 13.0. The van der Waals surface area contributed by atoms with Gasteiger partial charge >= 0.3 is 5.97 Å². The van der Waals surface area contributed by atoms with Crippen LogP contribution in [0.2, 0.25) is 0 Å². The van der Waals surface area contributed by atoms with Crippen LogP contribution in [0, 0.1) is 0 Å². The van der Waals surface area contributed by atoms with E-state index in [-0.39, 0.29) is 16.8 Å². The molecule has 31 heavy (non-hydrogen) atoms. The number of esters is 1. The monoisotopic (exact) mass is 412 g/mol. The lowest BCUT2D eigenvalue weighted by Crippen LogP contribution is -2.29. The smallest absolute Gasteiger partial charge is 0.338 e. The second-order valence-electron chi connectivity index (χ2n) is 7.10. The quantitative estimate of drug-likeness (QED) is 0.372. The van der Waals surface area contributed by atoms with Gasteiger partial charge in [0.25, 0.3) is 11.8 Å². The van der Waals surface area contributed by atoms with E-state index in [1.54, 1.807) is 24.3 Å². The van der Waals surface area contributed by atoms with Gasteiger partial charge in [-0.15, -0.1) is 0 Å². The maximum absolute atomic E-state index is 13.0. The third-order valence-corrected chi connectivity index (χ3v) is 5.17. The van der Waals surface area contributed by atoms with Crippen LogP contribution in [0.3, 0.4) is 0 Å². The van der Waals surface area contributed by atoms with E-state index in [2.05, 4.69) is 4.98 Å². The number of rotatable bonds is 4. The van der Waals surface area contributed by atoms with Crippen LogP contribution in [0.15, 0.2) is 71.1 Å². The number of anilines is 1. The predicted molar refractivity (Wildman–Crippen MR) is 112 cm³/mol. The van der Waals surface area contributed by atoms with Crippen molar-refractivity contribution in [2.24, 2.45) is 0 Å². The van der Waals surface area contributed by atoms with Crippen molar-refractivity contribution in [1.29, 1.82) is 0 Å². The van der Waals surface area contributed by atoms with E-state index in [1.807, 2.05) is 30.3 Å². The van der Waals surface area contributed by atoms with Crippen LogP contribution in [0.5, 0.6) is 0 Å². The third-order valence-electron chi connectivity index (χ3n) is 5.17. The van der Waals surface area contributed by atoms with Crippen LogP contribution in [0.25, 0.3) is 11.1 Å². The molecule has 0 spiro atoms. The van der Waals surface area contributed by atoms with Gasteiger partial charge in [0.15, 0.2) is 11.5 Å². The molecule has 0 N–H and O–H groups in total. The van der Waals surface area contributed by atoms with Gasteiger partial charge in [0, 0.05) is 6.42 Å². The molecule has 1 aliphatic heterocycles. The summed E-state index contributed by atoms with van der Waals surface area (Å²) in [5, 5.41) is 0. The number of aromatic nitrogens is 1. The molecule has 2 heterocycles. The van der Waals surface area contributed by atoms with Gasteiger partial charge in [-0.3, -0.25) is 9.59 Å². The minimum Gasteiger partial charge on any atom is -0.465 e. The number of nitrogens with zero attached hydrogens (tertiary/aromatic N) is 2. The predicted octanol–water partition coefficient (Wildman–Crippen LogP) is 4.01. The number of hydrogen-bond donors (Lipinski definition) is 0. The zero-order valence-electron chi connectivity index (χ0n) is 16.5. The van der Waals surface area contributed by atoms with Gasteiger partial charge in [-0.05, 0) is 29.8 Å². The highest BCUT2D eigenvalue weighted by atomic mass is 16.5. The standard InChI is InChI=1S/C24H16N2O5/c1-30-24(29)15-12-18-21(31-20(25-18)11-14-7-3-2-4-8-14)19(13-15)26-22(27)16-9-5-6-10-17(16)23(26)28/h2-10,12-13H,11H2,1H3. The molecule has 4 aromatic rings. The van der Waals surface area contributed by atoms with Crippen molar-refractivity contribution in [3.8, 4) is 0 Å². The first-order valence-electron chi connectivity index (χ1n) is 9.60. The van der Waals surface area contributed by atoms with Gasteiger partial charge in [-0.2, -0.15) is 0 Å². The fraction of sp³-hybridized carbons (Fsp3) is 0.0833. The Kier molecular flexibility index (Phi) is 4.36. The molecule has 152 valence electrons. The van der Waals surface area contributed by atoms with Crippen molar-refractivity contribution >= 4 is 34.6 Å². The Morgan fingerprint density at radius 2 is 1.61 bits per heavy atom. The van der Waals surface area contributed by atoms with E-state index in [4.69, 9.17) is 9.15 Å². The number of imide groups is 1. The van der Waals surface area contributed by atoms with E-state index in [9.17, 15) is 14.4 Å². The van der Waals surface area contributed by atoms with Crippen molar-refractivity contribution < 1.29 is 23.5 Å². The zero-order chi connectivity index (χ0) is 21.5. The zero-order valence-corrected chi connectivity index (χ0v) is 16.5. The molecule has 1 aliphatic rings. The molecule has 0 aliphatic carbocycles. The van der Waals surface area contributed by atoms with E-state index in [0.29, 0.717) is 29.0 Å². The fourth-order valence-corrected chi connectivity index (χ4v) is 3.72. The van der Waals surface area contributed by atoms with Crippen molar-refractivity contribution in [3.05, 3.63) is 94.9 Å². The number of carbonyl (C=O) groups is 3. The number of methoxy groups -OCH3 is 1. The van der Waals surface area contributed by atoms with E-state index < -0.39 is 17.8 Å². The molecule has 0 saturated carbocycles. The minimum atomic E-state index is -0.604. The maximum atomic E-state index is 13.0. The second-order valence-corrected chi connectivity index (χ2v) is 7.10. The molecule has 0 bridgehead atoms. The molecule has 0 atom stereocenters. The SMILES string of the molecule is COC(=O)c1cc(N2C(=O)c3ccccc3C2=O)c2oc(Cc3ccccc3)nc2c1. The number of oxazole rings is 1. The summed E-state index contributed by atoms with van der Waals surface area (Å²) in [7, 11) is 1.26. The van der Waals surface area contributed by atoms with E-state index in [1.165, 1.54) is 19.2 Å². The molecule has 0 fully saturated rings. The lowest BCUT2D eigenvalue weighted by molar-refractivity contribution is 0.0600. The molecule has 7 nitrogen and oxygen atoms in total. The third kappa shape index (κ3) is 3.07. The Hall–Kier alpha value is -4.26. The Morgan fingerprint density at radius 1 is 0.968 bits per heavy atom.